The van der Waals surface area contributed by atoms with Crippen LogP contribution in [0.4, 0.5) is 0 Å². The van der Waals surface area contributed by atoms with Crippen LogP contribution in [0.2, 0.25) is 0 Å². The summed E-state index contributed by atoms with van der Waals surface area (Å²) in [5.41, 5.74) is 1.81. The standard InChI is InChI=1S/C13H15Br2N3O2S/c1-9-4-12(15)13(5-11(9)14)21(19,20)18(3)8-10-6-16-17(2)7-10/h4-7H,8H2,1-3H3. The Bertz CT molecular complexity index is 772. The van der Waals surface area contributed by atoms with Gasteiger partial charge < -0.3 is 0 Å². The predicted molar refractivity (Wildman–Crippen MR) is 88.4 cm³/mol. The van der Waals surface area contributed by atoms with E-state index in [-0.39, 0.29) is 11.4 Å². The molecule has 0 saturated carbocycles. The first-order valence-electron chi connectivity index (χ1n) is 6.11. The Balaban J connectivity index is 2.35. The molecule has 0 aliphatic heterocycles. The van der Waals surface area contributed by atoms with Crippen molar-refractivity contribution in [1.29, 1.82) is 0 Å². The maximum absolute atomic E-state index is 12.7. The maximum Gasteiger partial charge on any atom is 0.244 e. The van der Waals surface area contributed by atoms with Gasteiger partial charge in [0.1, 0.15) is 0 Å². The quantitative estimate of drug-likeness (QED) is 0.739. The Morgan fingerprint density at radius 2 is 1.95 bits per heavy atom. The molecule has 1 aromatic carbocycles. The predicted octanol–water partition coefficient (Wildman–Crippen LogP) is 3.07. The fraction of sp³-hybridized carbons (Fsp3) is 0.308. The summed E-state index contributed by atoms with van der Waals surface area (Å²) in [6.45, 7) is 2.18. The smallest absolute Gasteiger partial charge is 0.244 e. The molecule has 0 aliphatic rings. The maximum atomic E-state index is 12.7. The van der Waals surface area contributed by atoms with E-state index >= 15 is 0 Å². The fourth-order valence-corrected chi connectivity index (χ4v) is 4.68. The van der Waals surface area contributed by atoms with Crippen molar-refractivity contribution in [2.45, 2.75) is 18.4 Å². The molecule has 8 heteroatoms. The van der Waals surface area contributed by atoms with Crippen LogP contribution in [0.5, 0.6) is 0 Å². The summed E-state index contributed by atoms with van der Waals surface area (Å²) in [7, 11) is -0.223. The second-order valence-corrected chi connectivity index (χ2v) is 8.54. The highest BCUT2D eigenvalue weighted by molar-refractivity contribution is 9.11. The molecule has 2 aromatic rings. The lowest BCUT2D eigenvalue weighted by molar-refractivity contribution is 0.466. The molecule has 0 bridgehead atoms. The van der Waals surface area contributed by atoms with Crippen LogP contribution >= 0.6 is 31.9 Å². The zero-order valence-corrected chi connectivity index (χ0v) is 15.8. The summed E-state index contributed by atoms with van der Waals surface area (Å²) in [6.07, 6.45) is 3.46. The third-order valence-corrected chi connectivity index (χ3v) is 6.68. The van der Waals surface area contributed by atoms with Crippen molar-refractivity contribution in [1.82, 2.24) is 14.1 Å². The van der Waals surface area contributed by atoms with Crippen molar-refractivity contribution in [3.05, 3.63) is 44.6 Å². The summed E-state index contributed by atoms with van der Waals surface area (Å²) in [4.78, 5) is 0.242. The number of halogens is 2. The highest BCUT2D eigenvalue weighted by Gasteiger charge is 2.24. The van der Waals surface area contributed by atoms with E-state index in [1.54, 1.807) is 43.3 Å². The number of aryl methyl sites for hydroxylation is 2. The molecule has 2 rings (SSSR count). The molecule has 0 spiro atoms. The molecule has 0 atom stereocenters. The second kappa shape index (κ2) is 6.20. The van der Waals surface area contributed by atoms with Crippen LogP contribution in [-0.2, 0) is 23.6 Å². The molecule has 0 aliphatic carbocycles. The van der Waals surface area contributed by atoms with Crippen molar-refractivity contribution in [2.75, 3.05) is 7.05 Å². The van der Waals surface area contributed by atoms with Crippen LogP contribution in [0.15, 0.2) is 38.4 Å². The molecule has 0 N–H and O–H groups in total. The van der Waals surface area contributed by atoms with Gasteiger partial charge in [0.2, 0.25) is 10.0 Å². The number of hydrogen-bond donors (Lipinski definition) is 0. The number of hydrogen-bond acceptors (Lipinski definition) is 3. The third kappa shape index (κ3) is 3.56. The monoisotopic (exact) mass is 435 g/mol. The van der Waals surface area contributed by atoms with Crippen LogP contribution in [-0.4, -0.2) is 29.6 Å². The summed E-state index contributed by atoms with van der Waals surface area (Å²) >= 11 is 6.71. The van der Waals surface area contributed by atoms with Gasteiger partial charge in [-0.2, -0.15) is 9.40 Å². The summed E-state index contributed by atoms with van der Waals surface area (Å²) in [5, 5.41) is 4.05. The van der Waals surface area contributed by atoms with Gasteiger partial charge in [-0.3, -0.25) is 4.68 Å². The van der Waals surface area contributed by atoms with E-state index in [2.05, 4.69) is 37.0 Å². The highest BCUT2D eigenvalue weighted by Crippen LogP contribution is 2.30. The van der Waals surface area contributed by atoms with Gasteiger partial charge >= 0.3 is 0 Å². The molecule has 0 amide bonds. The number of benzene rings is 1. The molecule has 1 heterocycles. The van der Waals surface area contributed by atoms with Crippen LogP contribution in [0.25, 0.3) is 0 Å². The lowest BCUT2D eigenvalue weighted by Gasteiger charge is -2.18. The Labute approximate surface area is 141 Å². The molecule has 0 unspecified atom stereocenters. The van der Waals surface area contributed by atoms with Gasteiger partial charge in [0.05, 0.1) is 11.1 Å². The van der Waals surface area contributed by atoms with Gasteiger partial charge in [-0.05, 0) is 40.5 Å². The first-order chi connectivity index (χ1) is 9.71. The van der Waals surface area contributed by atoms with Gasteiger partial charge in [0.25, 0.3) is 0 Å². The number of nitrogens with zero attached hydrogens (tertiary/aromatic N) is 3. The van der Waals surface area contributed by atoms with E-state index < -0.39 is 10.0 Å². The Morgan fingerprint density at radius 1 is 1.29 bits per heavy atom. The van der Waals surface area contributed by atoms with Crippen LogP contribution in [0.3, 0.4) is 0 Å². The minimum atomic E-state index is -3.58. The van der Waals surface area contributed by atoms with E-state index in [4.69, 9.17) is 0 Å². The van der Waals surface area contributed by atoms with Crippen LogP contribution in [0.1, 0.15) is 11.1 Å². The topological polar surface area (TPSA) is 55.2 Å². The Kier molecular flexibility index (Phi) is 4.92. The van der Waals surface area contributed by atoms with Crippen LogP contribution < -0.4 is 0 Å². The van der Waals surface area contributed by atoms with Crippen LogP contribution in [0, 0.1) is 6.92 Å². The largest absolute Gasteiger partial charge is 0.275 e. The van der Waals surface area contributed by atoms with Gasteiger partial charge in [-0.1, -0.05) is 15.9 Å². The van der Waals surface area contributed by atoms with Crippen molar-refractivity contribution in [3.63, 3.8) is 0 Å². The summed E-state index contributed by atoms with van der Waals surface area (Å²) in [5.74, 6) is 0. The van der Waals surface area contributed by atoms with Crippen molar-refractivity contribution >= 4 is 41.9 Å². The van der Waals surface area contributed by atoms with E-state index in [1.165, 1.54) is 4.31 Å². The minimum absolute atomic E-state index is 0.242. The lowest BCUT2D eigenvalue weighted by Crippen LogP contribution is -2.26. The molecule has 0 radical (unpaired) electrons. The normalized spacial score (nSPS) is 12.1. The Hall–Kier alpha value is -0.700. The van der Waals surface area contributed by atoms with Gasteiger partial charge in [0, 0.05) is 41.3 Å². The molecule has 0 fully saturated rings. The molecule has 1 aromatic heterocycles. The van der Waals surface area contributed by atoms with Gasteiger partial charge in [0.15, 0.2) is 0 Å². The zero-order valence-electron chi connectivity index (χ0n) is 11.8. The summed E-state index contributed by atoms with van der Waals surface area (Å²) in [6, 6.07) is 3.41. The van der Waals surface area contributed by atoms with Gasteiger partial charge in [-0.15, -0.1) is 0 Å². The molecule has 0 saturated heterocycles. The molecular weight excluding hydrogens is 422 g/mol. The van der Waals surface area contributed by atoms with E-state index in [9.17, 15) is 8.42 Å². The molecule has 5 nitrogen and oxygen atoms in total. The molecule has 21 heavy (non-hydrogen) atoms. The first kappa shape index (κ1) is 16.7. The number of sulfonamides is 1. The van der Waals surface area contributed by atoms with E-state index in [0.717, 1.165) is 15.6 Å². The van der Waals surface area contributed by atoms with Crippen molar-refractivity contribution in [2.24, 2.45) is 7.05 Å². The fourth-order valence-electron chi connectivity index (χ4n) is 1.89. The summed E-state index contributed by atoms with van der Waals surface area (Å²) < 4.78 is 29.6. The average molecular weight is 437 g/mol. The number of rotatable bonds is 4. The highest BCUT2D eigenvalue weighted by atomic mass is 79.9. The minimum Gasteiger partial charge on any atom is -0.275 e. The molecular formula is C13H15Br2N3O2S. The zero-order chi connectivity index (χ0) is 15.8. The molecule has 114 valence electrons. The number of aromatic nitrogens is 2. The van der Waals surface area contributed by atoms with E-state index in [1.807, 2.05) is 6.92 Å². The van der Waals surface area contributed by atoms with Crippen molar-refractivity contribution in [3.8, 4) is 0 Å². The second-order valence-electron chi connectivity index (χ2n) is 4.82. The van der Waals surface area contributed by atoms with E-state index in [0.29, 0.717) is 4.47 Å². The van der Waals surface area contributed by atoms with Crippen molar-refractivity contribution < 1.29 is 8.42 Å². The SMILES string of the molecule is Cc1cc(Br)c(S(=O)(=O)N(C)Cc2cnn(C)c2)cc1Br. The van der Waals surface area contributed by atoms with Gasteiger partial charge in [-0.25, -0.2) is 8.42 Å². The first-order valence-corrected chi connectivity index (χ1v) is 9.14. The average Bonchev–Trinajstić information content (AvgIpc) is 2.79. The third-order valence-electron chi connectivity index (χ3n) is 3.06. The lowest BCUT2D eigenvalue weighted by atomic mass is 10.2. The Morgan fingerprint density at radius 3 is 2.52 bits per heavy atom.